The van der Waals surface area contributed by atoms with Gasteiger partial charge >= 0.3 is 5.97 Å². The predicted octanol–water partition coefficient (Wildman–Crippen LogP) is 2.61. The Balaban J connectivity index is 2.12. The zero-order chi connectivity index (χ0) is 16.1. The summed E-state index contributed by atoms with van der Waals surface area (Å²) in [5.74, 6) is -1.18. The predicted molar refractivity (Wildman–Crippen MR) is 80.8 cm³/mol. The lowest BCUT2D eigenvalue weighted by molar-refractivity contribution is -0.140. The standard InChI is InChI=1S/C16H17NO5/c1-22-15(19)8-4-7-14(18)17(21)13-10-9-11-5-2-3-6-12(11)16(13)20/h2-3,5-6,9-10,20-21H,4,7-8H2,1H3. The average molecular weight is 303 g/mol. The van der Waals surface area contributed by atoms with E-state index in [0.717, 1.165) is 5.39 Å². The molecule has 0 atom stereocenters. The third-order valence-corrected chi connectivity index (χ3v) is 3.34. The zero-order valence-electron chi connectivity index (χ0n) is 12.2. The number of benzene rings is 2. The second-order valence-electron chi connectivity index (χ2n) is 4.79. The topological polar surface area (TPSA) is 87.1 Å². The minimum Gasteiger partial charge on any atom is -0.505 e. The van der Waals surface area contributed by atoms with Crippen LogP contribution in [0.3, 0.4) is 0 Å². The fourth-order valence-electron chi connectivity index (χ4n) is 2.14. The van der Waals surface area contributed by atoms with Crippen LogP contribution in [0.15, 0.2) is 36.4 Å². The number of hydrogen-bond acceptors (Lipinski definition) is 5. The second-order valence-corrected chi connectivity index (χ2v) is 4.79. The molecule has 2 N–H and O–H groups in total. The maximum atomic E-state index is 11.9. The van der Waals surface area contributed by atoms with E-state index in [9.17, 15) is 19.9 Å². The second kappa shape index (κ2) is 6.91. The summed E-state index contributed by atoms with van der Waals surface area (Å²) in [7, 11) is 1.27. The number of phenolic OH excluding ortho intramolecular Hbond substituents is 1. The number of aromatic hydroxyl groups is 1. The first-order valence-electron chi connectivity index (χ1n) is 6.84. The largest absolute Gasteiger partial charge is 0.505 e. The van der Waals surface area contributed by atoms with Crippen LogP contribution in [-0.2, 0) is 14.3 Å². The van der Waals surface area contributed by atoms with E-state index in [1.807, 2.05) is 12.1 Å². The van der Waals surface area contributed by atoms with Crippen LogP contribution in [0.2, 0.25) is 0 Å². The molecule has 2 rings (SSSR count). The van der Waals surface area contributed by atoms with Crippen LogP contribution in [0.5, 0.6) is 5.75 Å². The van der Waals surface area contributed by atoms with Crippen LogP contribution in [-0.4, -0.2) is 29.3 Å². The number of hydroxylamine groups is 1. The number of amides is 1. The third-order valence-electron chi connectivity index (χ3n) is 3.34. The van der Waals surface area contributed by atoms with Gasteiger partial charge in [0.2, 0.25) is 0 Å². The molecule has 0 aromatic heterocycles. The minimum absolute atomic E-state index is 0.0155. The number of fused-ring (bicyclic) bond motifs is 1. The first-order chi connectivity index (χ1) is 10.5. The Morgan fingerprint density at radius 2 is 1.86 bits per heavy atom. The van der Waals surface area contributed by atoms with Gasteiger partial charge in [-0.05, 0) is 17.9 Å². The molecule has 6 heteroatoms. The lowest BCUT2D eigenvalue weighted by Gasteiger charge is -2.17. The molecule has 0 aliphatic carbocycles. The van der Waals surface area contributed by atoms with Gasteiger partial charge in [-0.25, -0.2) is 0 Å². The summed E-state index contributed by atoms with van der Waals surface area (Å²) in [6.45, 7) is 0. The third kappa shape index (κ3) is 3.35. The van der Waals surface area contributed by atoms with E-state index in [1.165, 1.54) is 13.2 Å². The maximum absolute atomic E-state index is 11.9. The first-order valence-corrected chi connectivity index (χ1v) is 6.84. The molecule has 0 saturated heterocycles. The van der Waals surface area contributed by atoms with Crippen molar-refractivity contribution in [2.24, 2.45) is 0 Å². The quantitative estimate of drug-likeness (QED) is 0.503. The van der Waals surface area contributed by atoms with E-state index >= 15 is 0 Å². The first kappa shape index (κ1) is 15.8. The Labute approximate surface area is 127 Å². The summed E-state index contributed by atoms with van der Waals surface area (Å²) in [4.78, 5) is 22.9. The number of carbonyl (C=O) groups is 2. The normalized spacial score (nSPS) is 10.5. The van der Waals surface area contributed by atoms with Crippen molar-refractivity contribution in [3.8, 4) is 5.75 Å². The van der Waals surface area contributed by atoms with E-state index in [-0.39, 0.29) is 30.7 Å². The minimum atomic E-state index is -0.602. The number of ether oxygens (including phenoxy) is 1. The number of esters is 1. The molecule has 6 nitrogen and oxygen atoms in total. The summed E-state index contributed by atoms with van der Waals surface area (Å²) in [6, 6.07) is 10.3. The van der Waals surface area contributed by atoms with Crippen molar-refractivity contribution in [3.05, 3.63) is 36.4 Å². The van der Waals surface area contributed by atoms with Crippen LogP contribution in [0, 0.1) is 0 Å². The summed E-state index contributed by atoms with van der Waals surface area (Å²) >= 11 is 0. The van der Waals surface area contributed by atoms with Gasteiger partial charge in [0.1, 0.15) is 11.4 Å². The van der Waals surface area contributed by atoms with Gasteiger partial charge in [0, 0.05) is 18.2 Å². The summed E-state index contributed by atoms with van der Waals surface area (Å²) < 4.78 is 4.48. The molecule has 0 aliphatic rings. The molecule has 0 saturated carbocycles. The number of rotatable bonds is 5. The number of nitrogens with zero attached hydrogens (tertiary/aromatic N) is 1. The highest BCUT2D eigenvalue weighted by molar-refractivity contribution is 5.99. The molecule has 22 heavy (non-hydrogen) atoms. The molecule has 116 valence electrons. The van der Waals surface area contributed by atoms with Crippen molar-refractivity contribution >= 4 is 28.3 Å². The molecule has 2 aromatic carbocycles. The number of methoxy groups -OCH3 is 1. The van der Waals surface area contributed by atoms with E-state index in [2.05, 4.69) is 4.74 Å². The summed E-state index contributed by atoms with van der Waals surface area (Å²) in [5.41, 5.74) is 0.0155. The van der Waals surface area contributed by atoms with Gasteiger partial charge in [0.15, 0.2) is 0 Å². The number of hydrogen-bond donors (Lipinski definition) is 2. The van der Waals surface area contributed by atoms with Gasteiger partial charge in [-0.15, -0.1) is 0 Å². The van der Waals surface area contributed by atoms with Crippen molar-refractivity contribution in [2.75, 3.05) is 12.2 Å². The zero-order valence-corrected chi connectivity index (χ0v) is 12.2. The summed E-state index contributed by atoms with van der Waals surface area (Å²) in [5, 5.41) is 21.9. The number of carbonyl (C=O) groups excluding carboxylic acids is 2. The van der Waals surface area contributed by atoms with Gasteiger partial charge in [0.05, 0.1) is 7.11 Å². The molecule has 0 heterocycles. The highest BCUT2D eigenvalue weighted by Crippen LogP contribution is 2.34. The van der Waals surface area contributed by atoms with Crippen molar-refractivity contribution in [2.45, 2.75) is 19.3 Å². The van der Waals surface area contributed by atoms with Crippen LogP contribution >= 0.6 is 0 Å². The van der Waals surface area contributed by atoms with E-state index in [4.69, 9.17) is 0 Å². The Kier molecular flexibility index (Phi) is 4.95. The van der Waals surface area contributed by atoms with Crippen molar-refractivity contribution in [1.82, 2.24) is 0 Å². The fraction of sp³-hybridized carbons (Fsp3) is 0.250. The van der Waals surface area contributed by atoms with E-state index in [0.29, 0.717) is 10.4 Å². The van der Waals surface area contributed by atoms with Crippen LogP contribution in [0.1, 0.15) is 19.3 Å². The van der Waals surface area contributed by atoms with Gasteiger partial charge in [0.25, 0.3) is 5.91 Å². The molecule has 0 spiro atoms. The van der Waals surface area contributed by atoms with Crippen molar-refractivity contribution in [3.63, 3.8) is 0 Å². The van der Waals surface area contributed by atoms with E-state index < -0.39 is 11.9 Å². The number of phenols is 1. The van der Waals surface area contributed by atoms with Gasteiger partial charge < -0.3 is 9.84 Å². The van der Waals surface area contributed by atoms with Crippen LogP contribution in [0.25, 0.3) is 10.8 Å². The molecule has 2 aromatic rings. The fourth-order valence-corrected chi connectivity index (χ4v) is 2.14. The molecule has 1 amide bonds. The molecular formula is C16H17NO5. The molecule has 0 bridgehead atoms. The molecular weight excluding hydrogens is 286 g/mol. The SMILES string of the molecule is COC(=O)CCCC(=O)N(O)c1ccc2ccccc2c1O. The average Bonchev–Trinajstić information content (AvgIpc) is 2.54. The van der Waals surface area contributed by atoms with Crippen molar-refractivity contribution in [1.29, 1.82) is 0 Å². The van der Waals surface area contributed by atoms with Crippen molar-refractivity contribution < 1.29 is 24.6 Å². The maximum Gasteiger partial charge on any atom is 0.305 e. The molecule has 0 aliphatic heterocycles. The Morgan fingerprint density at radius 1 is 1.14 bits per heavy atom. The smallest absolute Gasteiger partial charge is 0.305 e. The van der Waals surface area contributed by atoms with E-state index in [1.54, 1.807) is 18.2 Å². The lowest BCUT2D eigenvalue weighted by Crippen LogP contribution is -2.26. The summed E-state index contributed by atoms with van der Waals surface area (Å²) in [6.07, 6.45) is 0.328. The monoisotopic (exact) mass is 303 g/mol. The Bertz CT molecular complexity index is 698. The van der Waals surface area contributed by atoms with Crippen LogP contribution in [0.4, 0.5) is 5.69 Å². The molecule has 0 radical (unpaired) electrons. The Hall–Kier alpha value is -2.60. The molecule has 0 unspecified atom stereocenters. The number of anilines is 1. The van der Waals surface area contributed by atoms with Gasteiger partial charge in [-0.3, -0.25) is 14.8 Å². The highest BCUT2D eigenvalue weighted by atomic mass is 16.5. The lowest BCUT2D eigenvalue weighted by atomic mass is 10.1. The van der Waals surface area contributed by atoms with Gasteiger partial charge in [-0.1, -0.05) is 30.3 Å². The van der Waals surface area contributed by atoms with Gasteiger partial charge in [-0.2, -0.15) is 5.06 Å². The molecule has 0 fully saturated rings. The van der Waals surface area contributed by atoms with Crippen LogP contribution < -0.4 is 5.06 Å². The highest BCUT2D eigenvalue weighted by Gasteiger charge is 2.18. The Morgan fingerprint density at radius 3 is 2.59 bits per heavy atom.